The number of halogens is 1. The summed E-state index contributed by atoms with van der Waals surface area (Å²) in [4.78, 5) is 41.2. The topological polar surface area (TPSA) is 90.0 Å². The van der Waals surface area contributed by atoms with E-state index in [0.717, 1.165) is 22.9 Å². The van der Waals surface area contributed by atoms with Crippen LogP contribution in [0, 0.1) is 12.7 Å². The third-order valence-electron chi connectivity index (χ3n) is 6.71. The standard InChI is InChI=1S/C29H26FN3O4/c1-18-7-11-22(12-8-18)33-25(13-9-19-5-3-2-4-6-19)26(28(33)36)31-21(17-34)16-32-24-14-10-20(30)15-23(24)27(35)29(32)37/h2-15,21,25-26,31,34H,16-17H2,1H3/b13-9+/t21?,25-,26+/m1/s1. The highest BCUT2D eigenvalue weighted by molar-refractivity contribution is 6.52. The van der Waals surface area contributed by atoms with Crippen molar-refractivity contribution >= 4 is 35.0 Å². The van der Waals surface area contributed by atoms with Gasteiger partial charge in [0.15, 0.2) is 0 Å². The number of amides is 2. The minimum absolute atomic E-state index is 0.00405. The van der Waals surface area contributed by atoms with E-state index in [0.29, 0.717) is 5.69 Å². The monoisotopic (exact) mass is 499 g/mol. The van der Waals surface area contributed by atoms with Crippen LogP contribution >= 0.6 is 0 Å². The quantitative estimate of drug-likeness (QED) is 0.367. The smallest absolute Gasteiger partial charge is 0.299 e. The van der Waals surface area contributed by atoms with E-state index in [1.54, 1.807) is 4.90 Å². The molecule has 0 radical (unpaired) electrons. The lowest BCUT2D eigenvalue weighted by atomic mass is 9.91. The number of aliphatic hydroxyl groups is 1. The molecule has 3 atom stereocenters. The number of benzene rings is 3. The zero-order valence-corrected chi connectivity index (χ0v) is 20.2. The van der Waals surface area contributed by atoms with Gasteiger partial charge in [-0.2, -0.15) is 0 Å². The fourth-order valence-corrected chi connectivity index (χ4v) is 4.75. The number of fused-ring (bicyclic) bond motifs is 1. The van der Waals surface area contributed by atoms with Gasteiger partial charge >= 0.3 is 0 Å². The Balaban J connectivity index is 1.38. The molecule has 2 heterocycles. The molecule has 3 aromatic rings. The molecule has 0 saturated carbocycles. The maximum atomic E-state index is 13.6. The summed E-state index contributed by atoms with van der Waals surface area (Å²) in [7, 11) is 0. The van der Waals surface area contributed by atoms with Crippen LogP contribution in [0.25, 0.3) is 6.08 Å². The summed E-state index contributed by atoms with van der Waals surface area (Å²) in [6, 6.07) is 19.3. The van der Waals surface area contributed by atoms with E-state index in [2.05, 4.69) is 5.32 Å². The number of rotatable bonds is 8. The van der Waals surface area contributed by atoms with Gasteiger partial charge in [-0.05, 0) is 42.8 Å². The van der Waals surface area contributed by atoms with E-state index in [1.807, 2.05) is 73.7 Å². The Kier molecular flexibility index (Phi) is 6.69. The number of hydrogen-bond acceptors (Lipinski definition) is 5. The van der Waals surface area contributed by atoms with Crippen LogP contribution in [0.3, 0.4) is 0 Å². The third kappa shape index (κ3) is 4.69. The third-order valence-corrected chi connectivity index (χ3v) is 6.71. The van der Waals surface area contributed by atoms with Crippen LogP contribution in [0.2, 0.25) is 0 Å². The summed E-state index contributed by atoms with van der Waals surface area (Å²) in [6.45, 7) is 1.54. The highest BCUT2D eigenvalue weighted by Crippen LogP contribution is 2.32. The molecule has 0 spiro atoms. The molecular weight excluding hydrogens is 473 g/mol. The van der Waals surface area contributed by atoms with Gasteiger partial charge in [-0.25, -0.2) is 4.39 Å². The van der Waals surface area contributed by atoms with E-state index < -0.39 is 29.6 Å². The van der Waals surface area contributed by atoms with Crippen LogP contribution in [0.1, 0.15) is 21.5 Å². The predicted molar refractivity (Wildman–Crippen MR) is 139 cm³/mol. The van der Waals surface area contributed by atoms with Crippen LogP contribution in [0.15, 0.2) is 78.9 Å². The Morgan fingerprint density at radius 1 is 1.03 bits per heavy atom. The first-order valence-electron chi connectivity index (χ1n) is 12.0. The number of aryl methyl sites for hydroxylation is 1. The predicted octanol–water partition coefficient (Wildman–Crippen LogP) is 3.11. The number of ketones is 1. The van der Waals surface area contributed by atoms with Crippen LogP contribution in [-0.4, -0.2) is 54.0 Å². The Morgan fingerprint density at radius 2 is 1.76 bits per heavy atom. The minimum atomic E-state index is -0.792. The van der Waals surface area contributed by atoms with Crippen molar-refractivity contribution in [3.8, 4) is 0 Å². The first-order chi connectivity index (χ1) is 17.9. The fourth-order valence-electron chi connectivity index (χ4n) is 4.75. The molecule has 2 aliphatic heterocycles. The molecule has 1 unspecified atom stereocenters. The van der Waals surface area contributed by atoms with Gasteiger partial charge < -0.3 is 14.9 Å². The first kappa shape index (κ1) is 24.5. The highest BCUT2D eigenvalue weighted by atomic mass is 19.1. The van der Waals surface area contributed by atoms with Crippen molar-refractivity contribution in [2.75, 3.05) is 23.0 Å². The van der Waals surface area contributed by atoms with Crippen molar-refractivity contribution in [2.24, 2.45) is 0 Å². The minimum Gasteiger partial charge on any atom is -0.395 e. The fraction of sp³-hybridized carbons (Fsp3) is 0.207. The molecule has 1 fully saturated rings. The van der Waals surface area contributed by atoms with Gasteiger partial charge in [0.2, 0.25) is 5.91 Å². The average Bonchev–Trinajstić information content (AvgIpc) is 3.14. The molecule has 8 heteroatoms. The molecule has 0 aromatic heterocycles. The van der Waals surface area contributed by atoms with Crippen molar-refractivity contribution in [1.29, 1.82) is 0 Å². The molecule has 1 saturated heterocycles. The summed E-state index contributed by atoms with van der Waals surface area (Å²) in [5, 5.41) is 13.3. The SMILES string of the molecule is Cc1ccc(N2C(=O)[C@@H](NC(CO)CN3C(=O)C(=O)c4cc(F)ccc43)[C@H]2/C=C/c2ccccc2)cc1. The number of Topliss-reactive ketones (excluding diaryl/α,β-unsaturated/α-hetero) is 1. The van der Waals surface area contributed by atoms with Gasteiger partial charge in [-0.1, -0.05) is 60.2 Å². The maximum Gasteiger partial charge on any atom is 0.299 e. The second-order valence-corrected chi connectivity index (χ2v) is 9.23. The molecule has 2 aliphatic rings. The molecule has 0 bridgehead atoms. The van der Waals surface area contributed by atoms with Gasteiger partial charge in [0.25, 0.3) is 11.7 Å². The number of β-lactam (4-membered cyclic amide) rings is 1. The summed E-state index contributed by atoms with van der Waals surface area (Å²) < 4.78 is 13.6. The van der Waals surface area contributed by atoms with Crippen LogP contribution < -0.4 is 15.1 Å². The molecule has 3 aromatic carbocycles. The lowest BCUT2D eigenvalue weighted by molar-refractivity contribution is -0.126. The number of hydrogen-bond donors (Lipinski definition) is 2. The van der Waals surface area contributed by atoms with Gasteiger partial charge in [0.1, 0.15) is 11.9 Å². The lowest BCUT2D eigenvalue weighted by Crippen LogP contribution is -2.72. The molecule has 5 rings (SSSR count). The Bertz CT molecular complexity index is 1370. The van der Waals surface area contributed by atoms with Crippen LogP contribution in [-0.2, 0) is 9.59 Å². The summed E-state index contributed by atoms with van der Waals surface area (Å²) >= 11 is 0. The zero-order chi connectivity index (χ0) is 26.1. The van der Waals surface area contributed by atoms with Gasteiger partial charge in [-0.3, -0.25) is 19.7 Å². The second kappa shape index (κ2) is 10.1. The summed E-state index contributed by atoms with van der Waals surface area (Å²) in [5.74, 6) is -2.36. The van der Waals surface area contributed by atoms with Crippen LogP contribution in [0.4, 0.5) is 15.8 Å². The zero-order valence-electron chi connectivity index (χ0n) is 20.2. The van der Waals surface area contributed by atoms with Crippen LogP contribution in [0.5, 0.6) is 0 Å². The lowest BCUT2D eigenvalue weighted by Gasteiger charge is -2.47. The van der Waals surface area contributed by atoms with Crippen molar-refractivity contribution in [2.45, 2.75) is 25.0 Å². The number of carbonyl (C=O) groups is 3. The molecule has 37 heavy (non-hydrogen) atoms. The van der Waals surface area contributed by atoms with Crippen molar-refractivity contribution in [3.05, 3.63) is 101 Å². The molecule has 2 N–H and O–H groups in total. The van der Waals surface area contributed by atoms with Crippen molar-refractivity contribution < 1.29 is 23.9 Å². The summed E-state index contributed by atoms with van der Waals surface area (Å²) in [6.07, 6.45) is 3.87. The average molecular weight is 500 g/mol. The number of aliphatic hydroxyl groups excluding tert-OH is 1. The molecule has 7 nitrogen and oxygen atoms in total. The maximum absolute atomic E-state index is 13.6. The molecule has 2 amide bonds. The Hall–Kier alpha value is -4.14. The van der Waals surface area contributed by atoms with E-state index >= 15 is 0 Å². The van der Waals surface area contributed by atoms with Gasteiger partial charge in [0.05, 0.1) is 23.9 Å². The number of nitrogens with zero attached hydrogens (tertiary/aromatic N) is 2. The largest absolute Gasteiger partial charge is 0.395 e. The van der Waals surface area contributed by atoms with Crippen molar-refractivity contribution in [3.63, 3.8) is 0 Å². The number of anilines is 2. The number of nitrogens with one attached hydrogen (secondary N) is 1. The van der Waals surface area contributed by atoms with Gasteiger partial charge in [-0.15, -0.1) is 0 Å². The van der Waals surface area contributed by atoms with E-state index in [9.17, 15) is 23.9 Å². The Labute approximate surface area is 213 Å². The molecule has 0 aliphatic carbocycles. The molecular formula is C29H26FN3O4. The summed E-state index contributed by atoms with van der Waals surface area (Å²) in [5.41, 5.74) is 3.10. The van der Waals surface area contributed by atoms with Gasteiger partial charge in [0, 0.05) is 18.3 Å². The van der Waals surface area contributed by atoms with E-state index in [1.165, 1.54) is 17.0 Å². The number of carbonyl (C=O) groups excluding carboxylic acids is 3. The van der Waals surface area contributed by atoms with E-state index in [-0.39, 0.29) is 30.7 Å². The molecule has 188 valence electrons. The second-order valence-electron chi connectivity index (χ2n) is 9.23. The van der Waals surface area contributed by atoms with E-state index in [4.69, 9.17) is 0 Å². The normalized spacial score (nSPS) is 19.9. The Morgan fingerprint density at radius 3 is 2.46 bits per heavy atom. The highest BCUT2D eigenvalue weighted by Gasteiger charge is 2.48. The first-order valence-corrected chi connectivity index (χ1v) is 12.0. The van der Waals surface area contributed by atoms with Crippen molar-refractivity contribution in [1.82, 2.24) is 5.32 Å².